The molecule has 86 valence electrons. The fourth-order valence-electron chi connectivity index (χ4n) is 0.835. The van der Waals surface area contributed by atoms with Crippen LogP contribution in [0.3, 0.4) is 0 Å². The van der Waals surface area contributed by atoms with Crippen LogP contribution < -0.4 is 16.4 Å². The normalized spacial score (nSPS) is 11.6. The number of carboxylic acid groups (broad SMARTS) is 1. The van der Waals surface area contributed by atoms with Gasteiger partial charge < -0.3 is 21.5 Å². The van der Waals surface area contributed by atoms with Crippen LogP contribution in [0.4, 0.5) is 0 Å². The lowest BCUT2D eigenvalue weighted by atomic mass is 10.2. The average molecular weight is 217 g/mol. The van der Waals surface area contributed by atoms with E-state index in [0.717, 1.165) is 0 Å². The molecule has 15 heavy (non-hydrogen) atoms. The van der Waals surface area contributed by atoms with Crippen LogP contribution in [0.2, 0.25) is 0 Å². The highest BCUT2D eigenvalue weighted by atomic mass is 16.4. The predicted molar refractivity (Wildman–Crippen MR) is 51.9 cm³/mol. The molecular weight excluding hydrogens is 202 g/mol. The lowest BCUT2D eigenvalue weighted by Gasteiger charge is -2.12. The minimum atomic E-state index is -1.10. The van der Waals surface area contributed by atoms with Crippen molar-refractivity contribution in [2.24, 2.45) is 5.73 Å². The molecule has 0 aliphatic rings. The minimum Gasteiger partial charge on any atom is -0.480 e. The molecule has 0 aromatic carbocycles. The zero-order chi connectivity index (χ0) is 11.8. The van der Waals surface area contributed by atoms with Gasteiger partial charge in [0.15, 0.2) is 0 Å². The molecule has 0 saturated carbocycles. The summed E-state index contributed by atoms with van der Waals surface area (Å²) in [6, 6.07) is -0.924. The van der Waals surface area contributed by atoms with E-state index in [1.807, 2.05) is 0 Å². The highest BCUT2D eigenvalue weighted by Crippen LogP contribution is 1.89. The number of carboxylic acids is 1. The average Bonchev–Trinajstić information content (AvgIpc) is 2.21. The van der Waals surface area contributed by atoms with Crippen molar-refractivity contribution in [3.8, 4) is 0 Å². The Morgan fingerprint density at radius 1 is 1.33 bits per heavy atom. The molecule has 0 radical (unpaired) electrons. The Balaban J connectivity index is 3.91. The Morgan fingerprint density at radius 3 is 2.33 bits per heavy atom. The maximum absolute atomic E-state index is 11.1. The molecule has 2 amide bonds. The Bertz CT molecular complexity index is 254. The van der Waals surface area contributed by atoms with Gasteiger partial charge >= 0.3 is 5.97 Å². The summed E-state index contributed by atoms with van der Waals surface area (Å²) in [5.41, 5.74) is 5.00. The quantitative estimate of drug-likeness (QED) is 0.411. The SMILES string of the molecule is CC[C@H](NC(=O)CNC(=O)CN)C(=O)O. The van der Waals surface area contributed by atoms with Crippen molar-refractivity contribution in [3.05, 3.63) is 0 Å². The number of amides is 2. The van der Waals surface area contributed by atoms with Crippen molar-refractivity contribution in [1.29, 1.82) is 0 Å². The number of carbonyl (C=O) groups is 3. The van der Waals surface area contributed by atoms with Crippen molar-refractivity contribution in [3.63, 3.8) is 0 Å². The summed E-state index contributed by atoms with van der Waals surface area (Å²) >= 11 is 0. The zero-order valence-electron chi connectivity index (χ0n) is 8.45. The van der Waals surface area contributed by atoms with E-state index < -0.39 is 23.8 Å². The van der Waals surface area contributed by atoms with Gasteiger partial charge in [-0.1, -0.05) is 6.92 Å². The first-order valence-corrected chi connectivity index (χ1v) is 4.50. The summed E-state index contributed by atoms with van der Waals surface area (Å²) in [7, 11) is 0. The highest BCUT2D eigenvalue weighted by molar-refractivity contribution is 5.88. The maximum Gasteiger partial charge on any atom is 0.326 e. The third kappa shape index (κ3) is 5.63. The van der Waals surface area contributed by atoms with Crippen LogP contribution in [-0.4, -0.2) is 42.0 Å². The molecule has 5 N–H and O–H groups in total. The Morgan fingerprint density at radius 2 is 1.93 bits per heavy atom. The van der Waals surface area contributed by atoms with Gasteiger partial charge in [0.05, 0.1) is 13.1 Å². The van der Waals surface area contributed by atoms with E-state index in [1.54, 1.807) is 6.92 Å². The summed E-state index contributed by atoms with van der Waals surface area (Å²) in [6.45, 7) is 1.17. The molecule has 0 aromatic rings. The molecule has 0 saturated heterocycles. The number of carbonyl (C=O) groups excluding carboxylic acids is 2. The second-order valence-corrected chi connectivity index (χ2v) is 2.85. The van der Waals surface area contributed by atoms with Gasteiger partial charge in [0.2, 0.25) is 11.8 Å². The third-order valence-corrected chi connectivity index (χ3v) is 1.67. The zero-order valence-corrected chi connectivity index (χ0v) is 8.45. The lowest BCUT2D eigenvalue weighted by Crippen LogP contribution is -2.46. The van der Waals surface area contributed by atoms with E-state index in [2.05, 4.69) is 10.6 Å². The molecule has 0 aromatic heterocycles. The topological polar surface area (TPSA) is 122 Å². The van der Waals surface area contributed by atoms with Gasteiger partial charge in [-0.3, -0.25) is 9.59 Å². The summed E-state index contributed by atoms with van der Waals surface area (Å²) in [5.74, 6) is -2.12. The first-order valence-electron chi connectivity index (χ1n) is 4.50. The van der Waals surface area contributed by atoms with Crippen LogP contribution in [0, 0.1) is 0 Å². The van der Waals surface area contributed by atoms with Gasteiger partial charge in [0.1, 0.15) is 6.04 Å². The van der Waals surface area contributed by atoms with Gasteiger partial charge in [0, 0.05) is 0 Å². The molecule has 0 rings (SSSR count). The largest absolute Gasteiger partial charge is 0.480 e. The number of hydrogen-bond donors (Lipinski definition) is 4. The number of rotatable bonds is 6. The number of nitrogens with two attached hydrogens (primary N) is 1. The molecule has 0 fully saturated rings. The summed E-state index contributed by atoms with van der Waals surface area (Å²) in [5, 5.41) is 13.1. The highest BCUT2D eigenvalue weighted by Gasteiger charge is 2.17. The van der Waals surface area contributed by atoms with Gasteiger partial charge in [-0.25, -0.2) is 4.79 Å². The van der Waals surface area contributed by atoms with Crippen LogP contribution >= 0.6 is 0 Å². The smallest absolute Gasteiger partial charge is 0.326 e. The molecule has 0 heterocycles. The van der Waals surface area contributed by atoms with Gasteiger partial charge in [-0.05, 0) is 6.42 Å². The van der Waals surface area contributed by atoms with E-state index in [1.165, 1.54) is 0 Å². The predicted octanol–water partition coefficient (Wildman–Crippen LogP) is -1.96. The second-order valence-electron chi connectivity index (χ2n) is 2.85. The van der Waals surface area contributed by atoms with Crippen molar-refractivity contribution in [2.45, 2.75) is 19.4 Å². The fourth-order valence-corrected chi connectivity index (χ4v) is 0.835. The Hall–Kier alpha value is -1.63. The minimum absolute atomic E-state index is 0.205. The Kier molecular flexibility index (Phi) is 6.03. The Labute approximate surface area is 87.0 Å². The fraction of sp³-hybridized carbons (Fsp3) is 0.625. The van der Waals surface area contributed by atoms with Crippen molar-refractivity contribution in [2.75, 3.05) is 13.1 Å². The number of hydrogen-bond acceptors (Lipinski definition) is 4. The van der Waals surface area contributed by atoms with Crippen molar-refractivity contribution >= 4 is 17.8 Å². The van der Waals surface area contributed by atoms with Gasteiger partial charge in [-0.2, -0.15) is 0 Å². The van der Waals surface area contributed by atoms with E-state index in [0.29, 0.717) is 0 Å². The molecule has 7 heteroatoms. The standard InChI is InChI=1S/C8H15N3O4/c1-2-5(8(14)15)11-7(13)4-10-6(12)3-9/h5H,2-4,9H2,1H3,(H,10,12)(H,11,13)(H,14,15)/t5-/m0/s1. The van der Waals surface area contributed by atoms with Gasteiger partial charge in [-0.15, -0.1) is 0 Å². The molecule has 0 aliphatic carbocycles. The third-order valence-electron chi connectivity index (χ3n) is 1.67. The van der Waals surface area contributed by atoms with Crippen LogP contribution in [0.1, 0.15) is 13.3 Å². The van der Waals surface area contributed by atoms with Crippen LogP contribution in [-0.2, 0) is 14.4 Å². The molecule has 0 bridgehead atoms. The first-order chi connectivity index (χ1) is 7.01. The van der Waals surface area contributed by atoms with E-state index in [-0.39, 0.29) is 19.5 Å². The molecular formula is C8H15N3O4. The van der Waals surface area contributed by atoms with Crippen molar-refractivity contribution in [1.82, 2.24) is 10.6 Å². The lowest BCUT2D eigenvalue weighted by molar-refractivity contribution is -0.141. The molecule has 7 nitrogen and oxygen atoms in total. The van der Waals surface area contributed by atoms with Crippen LogP contribution in [0.15, 0.2) is 0 Å². The second kappa shape index (κ2) is 6.77. The van der Waals surface area contributed by atoms with Crippen LogP contribution in [0.25, 0.3) is 0 Å². The van der Waals surface area contributed by atoms with E-state index in [4.69, 9.17) is 10.8 Å². The molecule has 0 unspecified atom stereocenters. The van der Waals surface area contributed by atoms with Gasteiger partial charge in [0.25, 0.3) is 0 Å². The molecule has 0 aliphatic heterocycles. The van der Waals surface area contributed by atoms with E-state index in [9.17, 15) is 14.4 Å². The monoisotopic (exact) mass is 217 g/mol. The maximum atomic E-state index is 11.1. The molecule has 0 spiro atoms. The first kappa shape index (κ1) is 13.4. The van der Waals surface area contributed by atoms with Crippen molar-refractivity contribution < 1.29 is 19.5 Å². The molecule has 1 atom stereocenters. The number of aliphatic carboxylic acids is 1. The number of nitrogens with one attached hydrogen (secondary N) is 2. The summed E-state index contributed by atoms with van der Waals surface area (Å²) in [6.07, 6.45) is 0.284. The van der Waals surface area contributed by atoms with Crippen LogP contribution in [0.5, 0.6) is 0 Å². The van der Waals surface area contributed by atoms with E-state index >= 15 is 0 Å². The summed E-state index contributed by atoms with van der Waals surface area (Å²) < 4.78 is 0. The summed E-state index contributed by atoms with van der Waals surface area (Å²) in [4.78, 5) is 32.3.